The molecular weight excluding hydrogens is 262 g/mol. The SMILES string of the molecule is COc1cnn(C(C)C)c1C1CC(C(C)(C)C)CCC1N. The first kappa shape index (κ1) is 16.3. The molecule has 1 fully saturated rings. The average molecular weight is 293 g/mol. The minimum absolute atomic E-state index is 0.201. The molecule has 2 rings (SSSR count). The zero-order chi connectivity index (χ0) is 15.8. The molecule has 0 saturated heterocycles. The number of nitrogens with two attached hydrogens (primary N) is 1. The Morgan fingerprint density at radius 2 is 2.00 bits per heavy atom. The molecule has 1 aromatic heterocycles. The highest BCUT2D eigenvalue weighted by Crippen LogP contribution is 2.45. The van der Waals surface area contributed by atoms with Crippen LogP contribution < -0.4 is 10.5 Å². The molecular formula is C17H31N3O. The molecule has 3 atom stereocenters. The highest BCUT2D eigenvalue weighted by molar-refractivity contribution is 5.31. The van der Waals surface area contributed by atoms with E-state index in [4.69, 9.17) is 10.5 Å². The topological polar surface area (TPSA) is 53.1 Å². The van der Waals surface area contributed by atoms with Gasteiger partial charge in [0.1, 0.15) is 0 Å². The smallest absolute Gasteiger partial charge is 0.160 e. The van der Waals surface area contributed by atoms with Crippen LogP contribution in [0.3, 0.4) is 0 Å². The summed E-state index contributed by atoms with van der Waals surface area (Å²) in [5, 5.41) is 4.52. The average Bonchev–Trinajstić information content (AvgIpc) is 2.81. The first-order valence-corrected chi connectivity index (χ1v) is 8.12. The van der Waals surface area contributed by atoms with Gasteiger partial charge in [-0.25, -0.2) is 0 Å². The zero-order valence-electron chi connectivity index (χ0n) is 14.4. The third kappa shape index (κ3) is 3.25. The molecule has 0 aromatic carbocycles. The van der Waals surface area contributed by atoms with Crippen LogP contribution in [0.15, 0.2) is 6.20 Å². The van der Waals surface area contributed by atoms with Crippen molar-refractivity contribution in [2.45, 2.75) is 71.9 Å². The molecule has 1 heterocycles. The minimum atomic E-state index is 0.201. The summed E-state index contributed by atoms with van der Waals surface area (Å²) in [4.78, 5) is 0. The molecule has 4 nitrogen and oxygen atoms in total. The number of aromatic nitrogens is 2. The lowest BCUT2D eigenvalue weighted by molar-refractivity contribution is 0.149. The summed E-state index contributed by atoms with van der Waals surface area (Å²) in [6, 6.07) is 0.526. The first-order chi connectivity index (χ1) is 9.75. The fraction of sp³-hybridized carbons (Fsp3) is 0.824. The van der Waals surface area contributed by atoms with Crippen LogP contribution >= 0.6 is 0 Å². The second-order valence-corrected chi connectivity index (χ2v) is 7.78. The molecule has 0 aliphatic heterocycles. The highest BCUT2D eigenvalue weighted by Gasteiger charge is 2.38. The summed E-state index contributed by atoms with van der Waals surface area (Å²) in [5.74, 6) is 1.92. The second-order valence-electron chi connectivity index (χ2n) is 7.78. The molecule has 21 heavy (non-hydrogen) atoms. The lowest BCUT2D eigenvalue weighted by Crippen LogP contribution is -2.39. The van der Waals surface area contributed by atoms with Gasteiger partial charge in [-0.2, -0.15) is 5.10 Å². The maximum atomic E-state index is 6.47. The van der Waals surface area contributed by atoms with Crippen molar-refractivity contribution in [3.8, 4) is 5.75 Å². The Hall–Kier alpha value is -1.03. The molecule has 0 radical (unpaired) electrons. The first-order valence-electron chi connectivity index (χ1n) is 8.12. The standard InChI is InChI=1S/C17H31N3O/c1-11(2)20-16(15(21-6)10-19-20)13-9-12(17(3,4)5)7-8-14(13)18/h10-14H,7-9,18H2,1-6H3. The van der Waals surface area contributed by atoms with Crippen molar-refractivity contribution in [3.63, 3.8) is 0 Å². The fourth-order valence-corrected chi connectivity index (χ4v) is 3.57. The van der Waals surface area contributed by atoms with E-state index in [1.54, 1.807) is 7.11 Å². The lowest BCUT2D eigenvalue weighted by Gasteiger charge is -2.41. The number of ether oxygens (including phenoxy) is 1. The van der Waals surface area contributed by atoms with E-state index < -0.39 is 0 Å². The number of methoxy groups -OCH3 is 1. The van der Waals surface area contributed by atoms with E-state index in [2.05, 4.69) is 44.4 Å². The van der Waals surface area contributed by atoms with Crippen molar-refractivity contribution >= 4 is 0 Å². The molecule has 0 amide bonds. The number of nitrogens with zero attached hydrogens (tertiary/aromatic N) is 2. The van der Waals surface area contributed by atoms with Crippen molar-refractivity contribution in [2.24, 2.45) is 17.1 Å². The largest absolute Gasteiger partial charge is 0.493 e. The quantitative estimate of drug-likeness (QED) is 0.924. The Balaban J connectivity index is 2.36. The fourth-order valence-electron chi connectivity index (χ4n) is 3.57. The van der Waals surface area contributed by atoms with Crippen molar-refractivity contribution in [3.05, 3.63) is 11.9 Å². The summed E-state index contributed by atoms with van der Waals surface area (Å²) < 4.78 is 7.65. The Bertz CT molecular complexity index is 473. The van der Waals surface area contributed by atoms with Crippen molar-refractivity contribution in [2.75, 3.05) is 7.11 Å². The maximum absolute atomic E-state index is 6.47. The van der Waals surface area contributed by atoms with Crippen LogP contribution in [0.4, 0.5) is 0 Å². The second kappa shape index (κ2) is 5.99. The van der Waals surface area contributed by atoms with Gasteiger partial charge in [0.25, 0.3) is 0 Å². The third-order valence-corrected chi connectivity index (χ3v) is 4.99. The summed E-state index contributed by atoms with van der Waals surface area (Å²) in [5.41, 5.74) is 7.99. The van der Waals surface area contributed by atoms with Crippen molar-refractivity contribution < 1.29 is 4.74 Å². The molecule has 1 aliphatic rings. The van der Waals surface area contributed by atoms with Crippen LogP contribution in [0, 0.1) is 11.3 Å². The number of hydrogen-bond donors (Lipinski definition) is 1. The van der Waals surface area contributed by atoms with E-state index >= 15 is 0 Å². The molecule has 120 valence electrons. The van der Waals surface area contributed by atoms with Crippen LogP contribution in [-0.4, -0.2) is 22.9 Å². The van der Waals surface area contributed by atoms with Gasteiger partial charge in [-0.05, 0) is 44.4 Å². The van der Waals surface area contributed by atoms with Gasteiger partial charge in [0.15, 0.2) is 5.75 Å². The molecule has 3 unspecified atom stereocenters. The van der Waals surface area contributed by atoms with Crippen LogP contribution in [0.25, 0.3) is 0 Å². The molecule has 1 saturated carbocycles. The number of hydrogen-bond acceptors (Lipinski definition) is 3. The van der Waals surface area contributed by atoms with E-state index in [9.17, 15) is 0 Å². The Kier molecular flexibility index (Phi) is 4.66. The van der Waals surface area contributed by atoms with Crippen LogP contribution in [0.2, 0.25) is 0 Å². The van der Waals surface area contributed by atoms with E-state index in [0.717, 1.165) is 18.6 Å². The Labute approximate surface area is 129 Å². The number of rotatable bonds is 3. The molecule has 1 aromatic rings. The normalized spacial score (nSPS) is 27.1. The van der Waals surface area contributed by atoms with Gasteiger partial charge in [0.05, 0.1) is 19.0 Å². The van der Waals surface area contributed by atoms with E-state index in [1.165, 1.54) is 12.1 Å². The Morgan fingerprint density at radius 1 is 1.33 bits per heavy atom. The summed E-state index contributed by atoms with van der Waals surface area (Å²) in [7, 11) is 1.72. The molecule has 2 N–H and O–H groups in total. The third-order valence-electron chi connectivity index (χ3n) is 4.99. The van der Waals surface area contributed by atoms with E-state index in [-0.39, 0.29) is 6.04 Å². The molecule has 0 spiro atoms. The monoisotopic (exact) mass is 293 g/mol. The van der Waals surface area contributed by atoms with Crippen LogP contribution in [0.5, 0.6) is 5.75 Å². The van der Waals surface area contributed by atoms with Gasteiger partial charge >= 0.3 is 0 Å². The van der Waals surface area contributed by atoms with Crippen molar-refractivity contribution in [1.82, 2.24) is 9.78 Å². The predicted molar refractivity (Wildman–Crippen MR) is 86.7 cm³/mol. The highest BCUT2D eigenvalue weighted by atomic mass is 16.5. The summed E-state index contributed by atoms with van der Waals surface area (Å²) >= 11 is 0. The maximum Gasteiger partial charge on any atom is 0.160 e. The molecule has 4 heteroatoms. The summed E-state index contributed by atoms with van der Waals surface area (Å²) in [6.45, 7) is 11.3. The summed E-state index contributed by atoms with van der Waals surface area (Å²) in [6.07, 6.45) is 5.26. The lowest BCUT2D eigenvalue weighted by atomic mass is 9.67. The van der Waals surface area contributed by atoms with Gasteiger partial charge in [0, 0.05) is 18.0 Å². The Morgan fingerprint density at radius 3 is 2.52 bits per heavy atom. The zero-order valence-corrected chi connectivity index (χ0v) is 14.4. The van der Waals surface area contributed by atoms with Gasteiger partial charge in [-0.15, -0.1) is 0 Å². The van der Waals surface area contributed by atoms with E-state index in [1.807, 2.05) is 6.20 Å². The predicted octanol–water partition coefficient (Wildman–Crippen LogP) is 3.73. The van der Waals surface area contributed by atoms with Crippen molar-refractivity contribution in [1.29, 1.82) is 0 Å². The van der Waals surface area contributed by atoms with Gasteiger partial charge in [-0.3, -0.25) is 4.68 Å². The molecule has 0 bridgehead atoms. The van der Waals surface area contributed by atoms with Crippen LogP contribution in [-0.2, 0) is 0 Å². The van der Waals surface area contributed by atoms with E-state index in [0.29, 0.717) is 23.3 Å². The molecule has 1 aliphatic carbocycles. The van der Waals surface area contributed by atoms with Gasteiger partial charge in [0.2, 0.25) is 0 Å². The minimum Gasteiger partial charge on any atom is -0.493 e. The van der Waals surface area contributed by atoms with Gasteiger partial charge < -0.3 is 10.5 Å². The van der Waals surface area contributed by atoms with Gasteiger partial charge in [-0.1, -0.05) is 20.8 Å². The van der Waals surface area contributed by atoms with Crippen LogP contribution in [0.1, 0.15) is 71.5 Å².